The van der Waals surface area contributed by atoms with Gasteiger partial charge in [-0.2, -0.15) is 0 Å². The molecule has 0 unspecified atom stereocenters. The third kappa shape index (κ3) is 2.39. The maximum Gasteiger partial charge on any atom is 0.244 e. The normalized spacial score (nSPS) is 11.8. The fourth-order valence-electron chi connectivity index (χ4n) is 0.931. The Hall–Kier alpha value is -1.16. The number of aryl methyl sites for hydroxylation is 2. The van der Waals surface area contributed by atoms with Gasteiger partial charge < -0.3 is 0 Å². The van der Waals surface area contributed by atoms with Gasteiger partial charge in [-0.15, -0.1) is 11.3 Å². The van der Waals surface area contributed by atoms with E-state index in [1.54, 1.807) is 17.4 Å². The lowest BCUT2D eigenvalue weighted by molar-refractivity contribution is -0.422. The van der Waals surface area contributed by atoms with Crippen molar-refractivity contribution >= 4 is 17.4 Å². The van der Waals surface area contributed by atoms with E-state index in [9.17, 15) is 10.1 Å². The molecule has 0 N–H and O–H groups in total. The highest BCUT2D eigenvalue weighted by molar-refractivity contribution is 7.13. The molecule has 70 valence electrons. The van der Waals surface area contributed by atoms with Crippen LogP contribution < -0.4 is 0 Å². The predicted molar refractivity (Wildman–Crippen MR) is 54.4 cm³/mol. The summed E-state index contributed by atoms with van der Waals surface area (Å²) >= 11 is 1.58. The summed E-state index contributed by atoms with van der Waals surface area (Å²) in [6, 6.07) is 1.97. The molecule has 0 fully saturated rings. The van der Waals surface area contributed by atoms with Crippen LogP contribution in [0.4, 0.5) is 0 Å². The molecule has 0 spiro atoms. The summed E-state index contributed by atoms with van der Waals surface area (Å²) in [7, 11) is 0. The third-order valence-corrected chi connectivity index (χ3v) is 2.92. The van der Waals surface area contributed by atoms with Crippen LogP contribution in [-0.2, 0) is 0 Å². The molecule has 1 heterocycles. The Morgan fingerprint density at radius 1 is 1.62 bits per heavy atom. The Balaban J connectivity index is 2.98. The monoisotopic (exact) mass is 197 g/mol. The molecular weight excluding hydrogens is 186 g/mol. The van der Waals surface area contributed by atoms with Crippen molar-refractivity contribution in [2.24, 2.45) is 0 Å². The molecule has 13 heavy (non-hydrogen) atoms. The van der Waals surface area contributed by atoms with Gasteiger partial charge in [-0.25, -0.2) is 0 Å². The van der Waals surface area contributed by atoms with Crippen molar-refractivity contribution in [2.75, 3.05) is 0 Å². The summed E-state index contributed by atoms with van der Waals surface area (Å²) in [4.78, 5) is 12.1. The van der Waals surface area contributed by atoms with Crippen molar-refractivity contribution in [3.05, 3.63) is 37.2 Å². The molecule has 1 rings (SSSR count). The van der Waals surface area contributed by atoms with Gasteiger partial charge in [-0.1, -0.05) is 0 Å². The van der Waals surface area contributed by atoms with E-state index in [2.05, 4.69) is 0 Å². The number of hydrogen-bond acceptors (Lipinski definition) is 3. The molecule has 0 aliphatic heterocycles. The molecule has 0 amide bonds. The van der Waals surface area contributed by atoms with Crippen molar-refractivity contribution in [2.45, 2.75) is 20.8 Å². The molecule has 0 atom stereocenters. The molecule has 4 heteroatoms. The van der Waals surface area contributed by atoms with Crippen LogP contribution in [-0.4, -0.2) is 4.92 Å². The maximum absolute atomic E-state index is 10.3. The van der Waals surface area contributed by atoms with Gasteiger partial charge in [0.2, 0.25) is 5.70 Å². The van der Waals surface area contributed by atoms with Crippen LogP contribution in [0.2, 0.25) is 0 Å². The molecule has 3 nitrogen and oxygen atoms in total. The lowest BCUT2D eigenvalue weighted by Gasteiger charge is -1.86. The number of nitro groups is 1. The predicted octanol–water partition coefficient (Wildman–Crippen LogP) is 3.00. The van der Waals surface area contributed by atoms with Crippen LogP contribution in [0.5, 0.6) is 0 Å². The van der Waals surface area contributed by atoms with Gasteiger partial charge in [0.1, 0.15) is 0 Å². The number of hydrogen-bond donors (Lipinski definition) is 0. The van der Waals surface area contributed by atoms with Gasteiger partial charge in [0, 0.05) is 22.8 Å². The standard InChI is InChI=1S/C9H11NO2S/c1-6-4-9(13-8(6)3)5-7(2)10(11)12/h4-5H,1-3H3/b7-5+. The first-order valence-electron chi connectivity index (χ1n) is 3.90. The first-order valence-corrected chi connectivity index (χ1v) is 4.72. The number of allylic oxidation sites excluding steroid dienone is 1. The molecule has 0 aliphatic carbocycles. The van der Waals surface area contributed by atoms with Gasteiger partial charge in [0.05, 0.1) is 4.92 Å². The van der Waals surface area contributed by atoms with Crippen molar-refractivity contribution in [3.8, 4) is 0 Å². The first-order chi connectivity index (χ1) is 6.00. The molecule has 0 saturated carbocycles. The van der Waals surface area contributed by atoms with Crippen molar-refractivity contribution in [1.29, 1.82) is 0 Å². The van der Waals surface area contributed by atoms with Crippen LogP contribution in [0.3, 0.4) is 0 Å². The van der Waals surface area contributed by atoms with E-state index >= 15 is 0 Å². The largest absolute Gasteiger partial charge is 0.259 e. The highest BCUT2D eigenvalue weighted by Crippen LogP contribution is 2.22. The maximum atomic E-state index is 10.3. The molecule has 0 aliphatic rings. The van der Waals surface area contributed by atoms with Crippen molar-refractivity contribution in [3.63, 3.8) is 0 Å². The van der Waals surface area contributed by atoms with Crippen molar-refractivity contribution < 1.29 is 4.92 Å². The van der Waals surface area contributed by atoms with E-state index in [4.69, 9.17) is 0 Å². The Kier molecular flexibility index (Phi) is 2.83. The topological polar surface area (TPSA) is 43.1 Å². The fraction of sp³-hybridized carbons (Fsp3) is 0.333. The average molecular weight is 197 g/mol. The smallest absolute Gasteiger partial charge is 0.244 e. The molecule has 0 saturated heterocycles. The molecule has 0 aromatic carbocycles. The highest BCUT2D eigenvalue weighted by Gasteiger charge is 2.04. The second-order valence-electron chi connectivity index (χ2n) is 2.93. The van der Waals surface area contributed by atoms with E-state index in [0.29, 0.717) is 0 Å². The zero-order chi connectivity index (χ0) is 10.0. The van der Waals surface area contributed by atoms with E-state index in [0.717, 1.165) is 4.88 Å². The van der Waals surface area contributed by atoms with E-state index < -0.39 is 0 Å². The molecule has 1 aromatic rings. The minimum absolute atomic E-state index is 0.182. The summed E-state index contributed by atoms with van der Waals surface area (Å²) in [5.74, 6) is 0. The Morgan fingerprint density at radius 3 is 2.62 bits per heavy atom. The summed E-state index contributed by atoms with van der Waals surface area (Å²) in [5, 5.41) is 10.3. The summed E-state index contributed by atoms with van der Waals surface area (Å²) in [6.45, 7) is 5.52. The minimum Gasteiger partial charge on any atom is -0.259 e. The summed E-state index contributed by atoms with van der Waals surface area (Å²) in [6.07, 6.45) is 1.60. The molecule has 0 radical (unpaired) electrons. The number of rotatable bonds is 2. The van der Waals surface area contributed by atoms with Gasteiger partial charge >= 0.3 is 0 Å². The fourth-order valence-corrected chi connectivity index (χ4v) is 1.97. The number of thiophene rings is 1. The van der Waals surface area contributed by atoms with Crippen LogP contribution in [0.1, 0.15) is 22.2 Å². The van der Waals surface area contributed by atoms with Crippen LogP contribution >= 0.6 is 11.3 Å². The zero-order valence-corrected chi connectivity index (χ0v) is 8.64. The van der Waals surface area contributed by atoms with E-state index in [1.807, 2.05) is 19.9 Å². The van der Waals surface area contributed by atoms with Crippen molar-refractivity contribution in [1.82, 2.24) is 0 Å². The summed E-state index contributed by atoms with van der Waals surface area (Å²) in [5.41, 5.74) is 1.37. The average Bonchev–Trinajstić information content (AvgIpc) is 2.31. The van der Waals surface area contributed by atoms with Crippen LogP contribution in [0.25, 0.3) is 6.08 Å². The molecule has 0 bridgehead atoms. The first kappa shape index (κ1) is 9.92. The molecular formula is C9H11NO2S. The highest BCUT2D eigenvalue weighted by atomic mass is 32.1. The van der Waals surface area contributed by atoms with Gasteiger partial charge in [0.25, 0.3) is 0 Å². The Bertz CT molecular complexity index is 346. The van der Waals surface area contributed by atoms with Gasteiger partial charge in [0.15, 0.2) is 0 Å². The lowest BCUT2D eigenvalue weighted by Crippen LogP contribution is -1.91. The SMILES string of the molecule is C/C(=C\c1cc(C)c(C)s1)[N+](=O)[O-]. The Labute approximate surface area is 80.9 Å². The molecule has 1 aromatic heterocycles. The van der Waals surface area contributed by atoms with Crippen LogP contribution in [0.15, 0.2) is 11.8 Å². The minimum atomic E-state index is -0.371. The second kappa shape index (κ2) is 3.70. The summed E-state index contributed by atoms with van der Waals surface area (Å²) < 4.78 is 0. The van der Waals surface area contributed by atoms with Crippen LogP contribution in [0, 0.1) is 24.0 Å². The van der Waals surface area contributed by atoms with Gasteiger partial charge in [-0.05, 0) is 25.5 Å². The second-order valence-corrected chi connectivity index (χ2v) is 4.22. The number of nitrogens with zero attached hydrogens (tertiary/aromatic N) is 1. The Morgan fingerprint density at radius 2 is 2.23 bits per heavy atom. The lowest BCUT2D eigenvalue weighted by atomic mass is 10.3. The van der Waals surface area contributed by atoms with E-state index in [-0.39, 0.29) is 10.6 Å². The third-order valence-electron chi connectivity index (χ3n) is 1.82. The van der Waals surface area contributed by atoms with Gasteiger partial charge in [-0.3, -0.25) is 10.1 Å². The quantitative estimate of drug-likeness (QED) is 0.540. The zero-order valence-electron chi connectivity index (χ0n) is 7.83. The van der Waals surface area contributed by atoms with E-state index in [1.165, 1.54) is 17.4 Å².